The molecule has 2 rings (SSSR count). The van der Waals surface area contributed by atoms with Gasteiger partial charge in [-0.2, -0.15) is 0 Å². The molecular weight excluding hydrogens is 302 g/mol. The largest absolute Gasteiger partial charge is 0.349 e. The molecule has 0 heterocycles. The van der Waals surface area contributed by atoms with E-state index in [4.69, 9.17) is 5.73 Å². The molecule has 0 aromatic heterocycles. The van der Waals surface area contributed by atoms with Gasteiger partial charge in [-0.05, 0) is 43.5 Å². The van der Waals surface area contributed by atoms with Gasteiger partial charge in [0.05, 0.1) is 0 Å². The van der Waals surface area contributed by atoms with Crippen molar-refractivity contribution in [3.05, 3.63) is 35.4 Å². The van der Waals surface area contributed by atoms with E-state index in [1.54, 1.807) is 38.4 Å². The van der Waals surface area contributed by atoms with Gasteiger partial charge in [-0.25, -0.2) is 0 Å². The molecule has 22 heavy (non-hydrogen) atoms. The number of carbonyl (C=O) groups is 2. The summed E-state index contributed by atoms with van der Waals surface area (Å²) < 4.78 is 0. The molecule has 1 aromatic carbocycles. The number of carbonyl (C=O) groups excluding carboxylic acids is 2. The molecule has 3 N–H and O–H groups in total. The quantitative estimate of drug-likeness (QED) is 0.884. The van der Waals surface area contributed by atoms with Crippen LogP contribution >= 0.6 is 12.4 Å². The van der Waals surface area contributed by atoms with Crippen LogP contribution in [0.5, 0.6) is 0 Å². The van der Waals surface area contributed by atoms with Gasteiger partial charge in [-0.1, -0.05) is 12.5 Å². The second-order valence-electron chi connectivity index (χ2n) is 5.79. The van der Waals surface area contributed by atoms with Gasteiger partial charge in [-0.15, -0.1) is 12.4 Å². The summed E-state index contributed by atoms with van der Waals surface area (Å²) in [5.74, 6) is 0.125. The van der Waals surface area contributed by atoms with E-state index in [0.29, 0.717) is 23.6 Å². The van der Waals surface area contributed by atoms with Crippen LogP contribution in [0.15, 0.2) is 24.3 Å². The third-order valence-electron chi connectivity index (χ3n) is 4.06. The molecule has 0 spiro atoms. The fourth-order valence-corrected chi connectivity index (χ4v) is 2.81. The normalized spacial score (nSPS) is 20.1. The van der Waals surface area contributed by atoms with Gasteiger partial charge in [0.25, 0.3) is 11.8 Å². The van der Waals surface area contributed by atoms with Gasteiger partial charge in [0, 0.05) is 31.3 Å². The zero-order chi connectivity index (χ0) is 15.4. The zero-order valence-electron chi connectivity index (χ0n) is 13.0. The summed E-state index contributed by atoms with van der Waals surface area (Å²) in [5, 5.41) is 3.05. The molecule has 2 unspecified atom stereocenters. The number of rotatable bonds is 4. The minimum Gasteiger partial charge on any atom is -0.349 e. The molecule has 1 saturated carbocycles. The SMILES string of the molecule is CN(C)C(=O)c1cccc(C(=O)NC2CCCC2CN)c1.Cl. The van der Waals surface area contributed by atoms with Crippen molar-refractivity contribution in [3.8, 4) is 0 Å². The van der Waals surface area contributed by atoms with E-state index in [9.17, 15) is 9.59 Å². The van der Waals surface area contributed by atoms with Crippen LogP contribution in [-0.2, 0) is 0 Å². The van der Waals surface area contributed by atoms with Crippen LogP contribution in [-0.4, -0.2) is 43.4 Å². The highest BCUT2D eigenvalue weighted by Gasteiger charge is 2.27. The van der Waals surface area contributed by atoms with E-state index in [1.165, 1.54) is 4.90 Å². The summed E-state index contributed by atoms with van der Waals surface area (Å²) in [6, 6.07) is 6.98. The zero-order valence-corrected chi connectivity index (χ0v) is 13.9. The van der Waals surface area contributed by atoms with E-state index in [1.807, 2.05) is 0 Å². The predicted octanol–water partition coefficient (Wildman–Crippen LogP) is 1.67. The Kier molecular flexibility index (Phi) is 6.84. The number of hydrogen-bond donors (Lipinski definition) is 2. The summed E-state index contributed by atoms with van der Waals surface area (Å²) >= 11 is 0. The highest BCUT2D eigenvalue weighted by Crippen LogP contribution is 2.24. The fourth-order valence-electron chi connectivity index (χ4n) is 2.81. The van der Waals surface area contributed by atoms with Crippen LogP contribution in [0, 0.1) is 5.92 Å². The Hall–Kier alpha value is -1.59. The Morgan fingerprint density at radius 2 is 1.95 bits per heavy atom. The maximum Gasteiger partial charge on any atom is 0.253 e. The average Bonchev–Trinajstić information content (AvgIpc) is 2.93. The Morgan fingerprint density at radius 3 is 2.59 bits per heavy atom. The van der Waals surface area contributed by atoms with Crippen LogP contribution in [0.2, 0.25) is 0 Å². The molecule has 1 aliphatic rings. The van der Waals surface area contributed by atoms with Crippen molar-refractivity contribution in [1.29, 1.82) is 0 Å². The topological polar surface area (TPSA) is 75.4 Å². The van der Waals surface area contributed by atoms with Crippen molar-refractivity contribution in [2.75, 3.05) is 20.6 Å². The van der Waals surface area contributed by atoms with Crippen molar-refractivity contribution < 1.29 is 9.59 Å². The highest BCUT2D eigenvalue weighted by atomic mass is 35.5. The second kappa shape index (κ2) is 8.15. The summed E-state index contributed by atoms with van der Waals surface area (Å²) in [6.07, 6.45) is 3.15. The lowest BCUT2D eigenvalue weighted by molar-refractivity contribution is 0.0827. The first kappa shape index (κ1) is 18.5. The standard InChI is InChI=1S/C16H23N3O2.ClH/c1-19(2)16(21)12-6-3-5-11(9-12)15(20)18-14-8-4-7-13(14)10-17;/h3,5-6,9,13-14H,4,7-8,10,17H2,1-2H3,(H,18,20);1H. The third kappa shape index (κ3) is 4.21. The number of nitrogens with two attached hydrogens (primary N) is 1. The molecule has 0 bridgehead atoms. The molecule has 0 aliphatic heterocycles. The average molecular weight is 326 g/mol. The maximum absolute atomic E-state index is 12.3. The lowest BCUT2D eigenvalue weighted by Crippen LogP contribution is -2.39. The molecule has 0 saturated heterocycles. The first-order valence-corrected chi connectivity index (χ1v) is 7.35. The monoisotopic (exact) mass is 325 g/mol. The van der Waals surface area contributed by atoms with Crippen molar-refractivity contribution in [2.24, 2.45) is 11.7 Å². The maximum atomic E-state index is 12.3. The van der Waals surface area contributed by atoms with Gasteiger partial charge in [0.1, 0.15) is 0 Å². The molecule has 2 atom stereocenters. The molecule has 0 radical (unpaired) electrons. The van der Waals surface area contributed by atoms with E-state index in [2.05, 4.69) is 5.32 Å². The molecule has 5 nitrogen and oxygen atoms in total. The number of amides is 2. The molecule has 6 heteroatoms. The minimum absolute atomic E-state index is 0. The minimum atomic E-state index is -0.131. The van der Waals surface area contributed by atoms with Crippen molar-refractivity contribution in [3.63, 3.8) is 0 Å². The van der Waals surface area contributed by atoms with Crippen LogP contribution in [0.3, 0.4) is 0 Å². The summed E-state index contributed by atoms with van der Waals surface area (Å²) in [7, 11) is 3.39. The van der Waals surface area contributed by atoms with Crippen LogP contribution in [0.1, 0.15) is 40.0 Å². The highest BCUT2D eigenvalue weighted by molar-refractivity contribution is 5.99. The van der Waals surface area contributed by atoms with Crippen LogP contribution in [0.4, 0.5) is 0 Å². The summed E-state index contributed by atoms with van der Waals surface area (Å²) in [6.45, 7) is 0.601. The summed E-state index contributed by atoms with van der Waals surface area (Å²) in [4.78, 5) is 25.8. The molecule has 2 amide bonds. The van der Waals surface area contributed by atoms with Gasteiger partial charge < -0.3 is 16.0 Å². The Morgan fingerprint density at radius 1 is 1.27 bits per heavy atom. The fraction of sp³-hybridized carbons (Fsp3) is 0.500. The molecular formula is C16H24ClN3O2. The molecule has 1 aromatic rings. The van der Waals surface area contributed by atoms with Crippen LogP contribution < -0.4 is 11.1 Å². The van der Waals surface area contributed by atoms with Gasteiger partial charge in [0.15, 0.2) is 0 Å². The lowest BCUT2D eigenvalue weighted by Gasteiger charge is -2.19. The van der Waals surface area contributed by atoms with Gasteiger partial charge in [-0.3, -0.25) is 9.59 Å². The van der Waals surface area contributed by atoms with Gasteiger partial charge >= 0.3 is 0 Å². The Bertz CT molecular complexity index is 534. The molecule has 1 aliphatic carbocycles. The first-order valence-electron chi connectivity index (χ1n) is 7.35. The third-order valence-corrected chi connectivity index (χ3v) is 4.06. The predicted molar refractivity (Wildman–Crippen MR) is 89.4 cm³/mol. The Labute approximate surface area is 137 Å². The van der Waals surface area contributed by atoms with Gasteiger partial charge in [0.2, 0.25) is 0 Å². The van der Waals surface area contributed by atoms with Crippen molar-refractivity contribution >= 4 is 24.2 Å². The van der Waals surface area contributed by atoms with E-state index in [-0.39, 0.29) is 30.3 Å². The van der Waals surface area contributed by atoms with E-state index in [0.717, 1.165) is 19.3 Å². The van der Waals surface area contributed by atoms with Crippen LogP contribution in [0.25, 0.3) is 0 Å². The first-order chi connectivity index (χ1) is 10.0. The molecule has 122 valence electrons. The smallest absolute Gasteiger partial charge is 0.253 e. The molecule has 1 fully saturated rings. The van der Waals surface area contributed by atoms with Crippen molar-refractivity contribution in [1.82, 2.24) is 10.2 Å². The number of halogens is 1. The van der Waals surface area contributed by atoms with E-state index >= 15 is 0 Å². The Balaban J connectivity index is 0.00000242. The number of hydrogen-bond acceptors (Lipinski definition) is 3. The van der Waals surface area contributed by atoms with Crippen molar-refractivity contribution in [2.45, 2.75) is 25.3 Å². The summed E-state index contributed by atoms with van der Waals surface area (Å²) in [5.41, 5.74) is 6.78. The number of nitrogens with zero attached hydrogens (tertiary/aromatic N) is 1. The van der Waals surface area contributed by atoms with E-state index < -0.39 is 0 Å². The lowest BCUT2D eigenvalue weighted by atomic mass is 10.0. The number of benzene rings is 1. The second-order valence-corrected chi connectivity index (χ2v) is 5.79. The number of nitrogens with one attached hydrogen (secondary N) is 1.